The van der Waals surface area contributed by atoms with Crippen LogP contribution in [-0.4, -0.2) is 11.6 Å². The molecular formula is C18H16N2O. The average molecular weight is 276 g/mol. The minimum Gasteiger partial charge on any atom is -0.267 e. The Labute approximate surface area is 123 Å². The molecule has 1 fully saturated rings. The van der Waals surface area contributed by atoms with E-state index >= 15 is 0 Å². The van der Waals surface area contributed by atoms with Gasteiger partial charge in [-0.15, -0.1) is 0 Å². The van der Waals surface area contributed by atoms with Crippen molar-refractivity contribution in [2.24, 2.45) is 16.9 Å². The zero-order valence-electron chi connectivity index (χ0n) is 11.6. The van der Waals surface area contributed by atoms with E-state index in [1.165, 1.54) is 0 Å². The Hall–Kier alpha value is -2.42. The fraction of sp³-hybridized carbons (Fsp3) is 0.222. The highest BCUT2D eigenvalue weighted by Gasteiger charge is 2.38. The van der Waals surface area contributed by atoms with E-state index in [4.69, 9.17) is 0 Å². The molecule has 2 aromatic carbocycles. The lowest BCUT2D eigenvalue weighted by Gasteiger charge is -2.31. The second kappa shape index (κ2) is 4.85. The van der Waals surface area contributed by atoms with Crippen molar-refractivity contribution in [1.82, 2.24) is 5.43 Å². The molecule has 1 saturated carbocycles. The van der Waals surface area contributed by atoms with Crippen molar-refractivity contribution in [3.63, 3.8) is 0 Å². The summed E-state index contributed by atoms with van der Waals surface area (Å²) < 4.78 is 0. The molecule has 0 radical (unpaired) electrons. The third-order valence-electron chi connectivity index (χ3n) is 4.50. The van der Waals surface area contributed by atoms with Crippen LogP contribution in [0.2, 0.25) is 0 Å². The van der Waals surface area contributed by atoms with E-state index in [-0.39, 0.29) is 5.91 Å². The molecule has 0 unspecified atom stereocenters. The summed E-state index contributed by atoms with van der Waals surface area (Å²) in [6.07, 6.45) is 6.52. The molecule has 0 heterocycles. The molecule has 0 bridgehead atoms. The zero-order chi connectivity index (χ0) is 14.2. The molecule has 3 heteroatoms. The van der Waals surface area contributed by atoms with Crippen LogP contribution in [0.1, 0.15) is 23.2 Å². The number of nitrogens with zero attached hydrogens (tertiary/aromatic N) is 1. The Kier molecular flexibility index (Phi) is 2.85. The first kappa shape index (κ1) is 12.3. The largest absolute Gasteiger partial charge is 0.271 e. The van der Waals surface area contributed by atoms with Crippen LogP contribution >= 0.6 is 0 Å². The van der Waals surface area contributed by atoms with Gasteiger partial charge in [-0.25, -0.2) is 5.43 Å². The molecule has 2 aliphatic rings. The van der Waals surface area contributed by atoms with E-state index in [9.17, 15) is 4.79 Å². The SMILES string of the molecule is O=C(N/N=C1\C[C@H]2C=CC[C@H]12)c1cccc2ccccc12. The molecule has 104 valence electrons. The summed E-state index contributed by atoms with van der Waals surface area (Å²) >= 11 is 0. The quantitative estimate of drug-likeness (QED) is 0.661. The first-order chi connectivity index (χ1) is 10.3. The summed E-state index contributed by atoms with van der Waals surface area (Å²) in [6, 6.07) is 13.7. The van der Waals surface area contributed by atoms with Gasteiger partial charge in [-0.1, -0.05) is 48.6 Å². The second-order valence-corrected chi connectivity index (χ2v) is 5.71. The number of hydrogen-bond donors (Lipinski definition) is 1. The van der Waals surface area contributed by atoms with Crippen molar-refractivity contribution in [2.45, 2.75) is 12.8 Å². The summed E-state index contributed by atoms with van der Waals surface area (Å²) in [4.78, 5) is 12.4. The molecule has 21 heavy (non-hydrogen) atoms. The van der Waals surface area contributed by atoms with Crippen molar-refractivity contribution in [3.8, 4) is 0 Å². The number of nitrogens with one attached hydrogen (secondary N) is 1. The first-order valence-electron chi connectivity index (χ1n) is 7.34. The third kappa shape index (κ3) is 2.05. The van der Waals surface area contributed by atoms with Gasteiger partial charge < -0.3 is 0 Å². The van der Waals surface area contributed by atoms with Gasteiger partial charge in [0.15, 0.2) is 0 Å². The smallest absolute Gasteiger partial charge is 0.267 e. The van der Waals surface area contributed by atoms with E-state index in [0.717, 1.165) is 29.3 Å². The minimum absolute atomic E-state index is 0.131. The Morgan fingerprint density at radius 1 is 1.14 bits per heavy atom. The van der Waals surface area contributed by atoms with Crippen molar-refractivity contribution in [1.29, 1.82) is 0 Å². The topological polar surface area (TPSA) is 41.5 Å². The van der Waals surface area contributed by atoms with Crippen molar-refractivity contribution >= 4 is 22.4 Å². The molecule has 2 atom stereocenters. The summed E-state index contributed by atoms with van der Waals surface area (Å²) in [5, 5.41) is 6.37. The lowest BCUT2D eigenvalue weighted by Crippen LogP contribution is -2.35. The monoisotopic (exact) mass is 276 g/mol. The highest BCUT2D eigenvalue weighted by Crippen LogP contribution is 2.40. The van der Waals surface area contributed by atoms with Gasteiger partial charge in [0.25, 0.3) is 5.91 Å². The Morgan fingerprint density at radius 2 is 2.00 bits per heavy atom. The molecule has 0 aromatic heterocycles. The molecule has 2 aromatic rings. The Balaban J connectivity index is 1.56. The summed E-state index contributed by atoms with van der Waals surface area (Å²) in [6.45, 7) is 0. The van der Waals surface area contributed by atoms with E-state index in [1.807, 2.05) is 42.5 Å². The molecule has 1 N–H and O–H groups in total. The summed E-state index contributed by atoms with van der Waals surface area (Å²) in [5.74, 6) is 1.05. The zero-order valence-corrected chi connectivity index (χ0v) is 11.6. The van der Waals surface area contributed by atoms with Crippen LogP contribution in [0.5, 0.6) is 0 Å². The van der Waals surface area contributed by atoms with E-state index in [1.54, 1.807) is 0 Å². The van der Waals surface area contributed by atoms with Gasteiger partial charge in [-0.2, -0.15) is 5.10 Å². The van der Waals surface area contributed by atoms with Crippen LogP contribution in [0, 0.1) is 11.8 Å². The van der Waals surface area contributed by atoms with Crippen molar-refractivity contribution in [2.75, 3.05) is 0 Å². The number of hydrazone groups is 1. The van der Waals surface area contributed by atoms with Crippen LogP contribution in [0.3, 0.4) is 0 Å². The normalized spacial score (nSPS) is 24.9. The van der Waals surface area contributed by atoms with Gasteiger partial charge in [0.2, 0.25) is 0 Å². The number of fused-ring (bicyclic) bond motifs is 2. The lowest BCUT2D eigenvalue weighted by atomic mass is 9.74. The molecule has 0 spiro atoms. The van der Waals surface area contributed by atoms with Gasteiger partial charge in [-0.3, -0.25) is 4.79 Å². The third-order valence-corrected chi connectivity index (χ3v) is 4.50. The lowest BCUT2D eigenvalue weighted by molar-refractivity contribution is 0.0955. The maximum absolute atomic E-state index is 12.4. The predicted molar refractivity (Wildman–Crippen MR) is 84.2 cm³/mol. The Morgan fingerprint density at radius 3 is 2.90 bits per heavy atom. The van der Waals surface area contributed by atoms with E-state index < -0.39 is 0 Å². The van der Waals surface area contributed by atoms with Crippen LogP contribution in [0.15, 0.2) is 59.7 Å². The maximum atomic E-state index is 12.4. The molecule has 3 nitrogen and oxygen atoms in total. The van der Waals surface area contributed by atoms with Crippen LogP contribution in [-0.2, 0) is 0 Å². The standard InChI is InChI=1S/C18H16N2O/c21-18(20-19-17-11-13-7-4-9-15(13)17)16-10-3-6-12-5-1-2-8-14(12)16/h1-8,10,13,15H,9,11H2,(H,20,21)/b19-17+/t13-,15+/m1/s1. The fourth-order valence-electron chi connectivity index (χ4n) is 3.27. The first-order valence-corrected chi connectivity index (χ1v) is 7.34. The van der Waals surface area contributed by atoms with Crippen molar-refractivity contribution < 1.29 is 4.79 Å². The second-order valence-electron chi connectivity index (χ2n) is 5.71. The molecule has 4 rings (SSSR count). The highest BCUT2D eigenvalue weighted by molar-refractivity contribution is 6.07. The van der Waals surface area contributed by atoms with Crippen LogP contribution in [0.25, 0.3) is 10.8 Å². The van der Waals surface area contributed by atoms with Crippen LogP contribution in [0.4, 0.5) is 0 Å². The van der Waals surface area contributed by atoms with Gasteiger partial charge in [0.05, 0.1) is 0 Å². The number of hydrogen-bond acceptors (Lipinski definition) is 2. The molecule has 2 aliphatic carbocycles. The number of carbonyl (C=O) groups is 1. The van der Waals surface area contributed by atoms with Gasteiger partial charge in [-0.05, 0) is 35.6 Å². The molecular weight excluding hydrogens is 260 g/mol. The van der Waals surface area contributed by atoms with Gasteiger partial charge in [0.1, 0.15) is 0 Å². The predicted octanol–water partition coefficient (Wildman–Crippen LogP) is 3.52. The van der Waals surface area contributed by atoms with Gasteiger partial charge >= 0.3 is 0 Å². The number of rotatable bonds is 2. The van der Waals surface area contributed by atoms with E-state index in [2.05, 4.69) is 22.7 Å². The number of benzene rings is 2. The number of carbonyl (C=O) groups excluding carboxylic acids is 1. The Bertz CT molecular complexity index is 770. The fourth-order valence-corrected chi connectivity index (χ4v) is 3.27. The summed E-state index contributed by atoms with van der Waals surface area (Å²) in [5.41, 5.74) is 4.53. The van der Waals surface area contributed by atoms with E-state index in [0.29, 0.717) is 17.4 Å². The number of allylic oxidation sites excluding steroid dienone is 2. The maximum Gasteiger partial charge on any atom is 0.271 e. The number of amides is 1. The van der Waals surface area contributed by atoms with Crippen molar-refractivity contribution in [3.05, 3.63) is 60.2 Å². The van der Waals surface area contributed by atoms with Crippen LogP contribution < -0.4 is 5.43 Å². The molecule has 0 aliphatic heterocycles. The minimum atomic E-state index is -0.131. The molecule has 0 saturated heterocycles. The highest BCUT2D eigenvalue weighted by atomic mass is 16.2. The molecule has 1 amide bonds. The summed E-state index contributed by atoms with van der Waals surface area (Å²) in [7, 11) is 0. The van der Waals surface area contributed by atoms with Gasteiger partial charge in [0, 0.05) is 17.2 Å². The average Bonchev–Trinajstić information content (AvgIpc) is 2.88.